The molecule has 4 heteroatoms. The number of carbonyl (C=O) groups is 1. The van der Waals surface area contributed by atoms with Crippen LogP contribution in [0.1, 0.15) is 32.1 Å². The SMILES string of the molecule is COC1=CC(=O)OC(/C=C/C2CCCCC2)C1O. The maximum atomic E-state index is 11.3. The van der Waals surface area contributed by atoms with Crippen LogP contribution < -0.4 is 0 Å². The topological polar surface area (TPSA) is 55.8 Å². The third-order valence-electron chi connectivity index (χ3n) is 3.57. The number of esters is 1. The van der Waals surface area contributed by atoms with E-state index >= 15 is 0 Å². The summed E-state index contributed by atoms with van der Waals surface area (Å²) in [7, 11) is 1.44. The highest BCUT2D eigenvalue weighted by Gasteiger charge is 2.30. The molecule has 2 aliphatic rings. The maximum absolute atomic E-state index is 11.3. The third kappa shape index (κ3) is 3.13. The first-order chi connectivity index (χ1) is 8.70. The smallest absolute Gasteiger partial charge is 0.334 e. The standard InChI is InChI=1S/C14H20O4/c1-17-12-9-13(15)18-11(14(12)16)8-7-10-5-3-2-4-6-10/h7-11,14,16H,2-6H2,1H3/b8-7+. The molecule has 0 aromatic carbocycles. The highest BCUT2D eigenvalue weighted by atomic mass is 16.6. The van der Waals surface area contributed by atoms with Gasteiger partial charge in [-0.3, -0.25) is 0 Å². The van der Waals surface area contributed by atoms with Gasteiger partial charge in [-0.1, -0.05) is 25.3 Å². The van der Waals surface area contributed by atoms with Crippen LogP contribution in [0.15, 0.2) is 24.0 Å². The molecule has 1 fully saturated rings. The zero-order valence-corrected chi connectivity index (χ0v) is 10.7. The Balaban J connectivity index is 1.98. The second-order valence-corrected chi connectivity index (χ2v) is 4.88. The fourth-order valence-electron chi connectivity index (χ4n) is 2.51. The summed E-state index contributed by atoms with van der Waals surface area (Å²) in [4.78, 5) is 11.3. The minimum Gasteiger partial charge on any atom is -0.498 e. The summed E-state index contributed by atoms with van der Waals surface area (Å²) < 4.78 is 10.1. The molecule has 1 N–H and O–H groups in total. The van der Waals surface area contributed by atoms with Gasteiger partial charge in [0.2, 0.25) is 0 Å². The number of ether oxygens (including phenoxy) is 2. The highest BCUT2D eigenvalue weighted by molar-refractivity contribution is 5.84. The molecule has 2 atom stereocenters. The van der Waals surface area contributed by atoms with Crippen LogP contribution in [0.2, 0.25) is 0 Å². The molecule has 0 aromatic rings. The van der Waals surface area contributed by atoms with Gasteiger partial charge in [-0.05, 0) is 24.8 Å². The Hall–Kier alpha value is -1.29. The number of aliphatic hydroxyl groups is 1. The lowest BCUT2D eigenvalue weighted by Crippen LogP contribution is -2.36. The quantitative estimate of drug-likeness (QED) is 0.616. The molecule has 100 valence electrons. The minimum atomic E-state index is -0.896. The minimum absolute atomic E-state index is 0.268. The monoisotopic (exact) mass is 252 g/mol. The fraction of sp³-hybridized carbons (Fsp3) is 0.643. The zero-order chi connectivity index (χ0) is 13.0. The second-order valence-electron chi connectivity index (χ2n) is 4.88. The van der Waals surface area contributed by atoms with E-state index in [-0.39, 0.29) is 5.76 Å². The van der Waals surface area contributed by atoms with E-state index in [4.69, 9.17) is 9.47 Å². The number of aliphatic hydroxyl groups excluding tert-OH is 1. The Morgan fingerprint density at radius 1 is 1.33 bits per heavy atom. The van der Waals surface area contributed by atoms with Crippen molar-refractivity contribution in [2.75, 3.05) is 7.11 Å². The summed E-state index contributed by atoms with van der Waals surface area (Å²) in [5.74, 6) is 0.349. The van der Waals surface area contributed by atoms with Gasteiger partial charge < -0.3 is 14.6 Å². The molecule has 2 unspecified atom stereocenters. The number of rotatable bonds is 3. The van der Waals surface area contributed by atoms with Gasteiger partial charge in [-0.2, -0.15) is 0 Å². The van der Waals surface area contributed by atoms with E-state index in [9.17, 15) is 9.90 Å². The van der Waals surface area contributed by atoms with Gasteiger partial charge in [0.15, 0.2) is 12.2 Å². The number of carbonyl (C=O) groups excluding carboxylic acids is 1. The average molecular weight is 252 g/mol. The van der Waals surface area contributed by atoms with Crippen molar-refractivity contribution < 1.29 is 19.4 Å². The molecule has 0 bridgehead atoms. The van der Waals surface area contributed by atoms with E-state index in [1.807, 2.05) is 0 Å². The van der Waals surface area contributed by atoms with Crippen LogP contribution in [0, 0.1) is 5.92 Å². The maximum Gasteiger partial charge on any atom is 0.334 e. The molecule has 2 rings (SSSR count). The molecule has 0 aromatic heterocycles. The molecule has 1 saturated carbocycles. The van der Waals surface area contributed by atoms with Crippen molar-refractivity contribution in [2.45, 2.75) is 44.3 Å². The first-order valence-electron chi connectivity index (χ1n) is 6.53. The zero-order valence-electron chi connectivity index (χ0n) is 10.7. The van der Waals surface area contributed by atoms with Crippen LogP contribution in [0.3, 0.4) is 0 Å². The van der Waals surface area contributed by atoms with Crippen molar-refractivity contribution in [2.24, 2.45) is 5.92 Å². The molecular formula is C14H20O4. The summed E-state index contributed by atoms with van der Waals surface area (Å²) >= 11 is 0. The molecule has 0 spiro atoms. The lowest BCUT2D eigenvalue weighted by atomic mass is 9.88. The van der Waals surface area contributed by atoms with E-state index in [1.54, 1.807) is 6.08 Å². The van der Waals surface area contributed by atoms with Gasteiger partial charge in [0.25, 0.3) is 0 Å². The number of cyclic esters (lactones) is 1. The Labute approximate surface area is 107 Å². The van der Waals surface area contributed by atoms with E-state index in [0.717, 1.165) is 0 Å². The van der Waals surface area contributed by atoms with Gasteiger partial charge in [0.05, 0.1) is 13.2 Å². The largest absolute Gasteiger partial charge is 0.498 e. The fourth-order valence-corrected chi connectivity index (χ4v) is 2.51. The van der Waals surface area contributed by atoms with E-state index in [1.165, 1.54) is 45.3 Å². The van der Waals surface area contributed by atoms with Crippen molar-refractivity contribution in [1.82, 2.24) is 0 Å². The summed E-state index contributed by atoms with van der Waals surface area (Å²) in [5.41, 5.74) is 0. The average Bonchev–Trinajstić information content (AvgIpc) is 2.40. The molecule has 0 saturated heterocycles. The highest BCUT2D eigenvalue weighted by Crippen LogP contribution is 2.26. The van der Waals surface area contributed by atoms with Gasteiger partial charge in [0, 0.05) is 0 Å². The normalized spacial score (nSPS) is 30.1. The molecule has 0 radical (unpaired) electrons. The van der Waals surface area contributed by atoms with Crippen molar-refractivity contribution in [1.29, 1.82) is 0 Å². The van der Waals surface area contributed by atoms with Crippen molar-refractivity contribution in [3.63, 3.8) is 0 Å². The van der Waals surface area contributed by atoms with Crippen molar-refractivity contribution >= 4 is 5.97 Å². The molecule has 1 aliphatic heterocycles. The second kappa shape index (κ2) is 6.05. The van der Waals surface area contributed by atoms with Crippen molar-refractivity contribution in [3.05, 3.63) is 24.0 Å². The van der Waals surface area contributed by atoms with Crippen LogP contribution in [0.4, 0.5) is 0 Å². The van der Waals surface area contributed by atoms with Crippen LogP contribution >= 0.6 is 0 Å². The third-order valence-corrected chi connectivity index (χ3v) is 3.57. The van der Waals surface area contributed by atoms with E-state index < -0.39 is 18.2 Å². The number of methoxy groups -OCH3 is 1. The predicted molar refractivity (Wildman–Crippen MR) is 66.7 cm³/mol. The van der Waals surface area contributed by atoms with Gasteiger partial charge >= 0.3 is 5.97 Å². The number of allylic oxidation sites excluding steroid dienone is 1. The predicted octanol–water partition coefficient (Wildman–Crippen LogP) is 1.94. The Morgan fingerprint density at radius 2 is 2.06 bits per heavy atom. The first kappa shape index (κ1) is 13.1. The Kier molecular flexibility index (Phi) is 4.42. The van der Waals surface area contributed by atoms with Gasteiger partial charge in [-0.25, -0.2) is 4.79 Å². The lowest BCUT2D eigenvalue weighted by Gasteiger charge is -2.26. The molecule has 18 heavy (non-hydrogen) atoms. The molecule has 1 aliphatic carbocycles. The lowest BCUT2D eigenvalue weighted by molar-refractivity contribution is -0.148. The molecule has 1 heterocycles. The summed E-state index contributed by atoms with van der Waals surface area (Å²) in [6, 6.07) is 0. The molecule has 0 amide bonds. The van der Waals surface area contributed by atoms with Gasteiger partial charge in [-0.15, -0.1) is 0 Å². The van der Waals surface area contributed by atoms with Crippen LogP contribution in [-0.2, 0) is 14.3 Å². The van der Waals surface area contributed by atoms with Gasteiger partial charge in [0.1, 0.15) is 5.76 Å². The summed E-state index contributed by atoms with van der Waals surface area (Å²) in [6.45, 7) is 0. The molecule has 4 nitrogen and oxygen atoms in total. The molecular weight excluding hydrogens is 232 g/mol. The van der Waals surface area contributed by atoms with Crippen LogP contribution in [-0.4, -0.2) is 30.4 Å². The van der Waals surface area contributed by atoms with Crippen LogP contribution in [0.5, 0.6) is 0 Å². The Morgan fingerprint density at radius 3 is 2.72 bits per heavy atom. The van der Waals surface area contributed by atoms with E-state index in [2.05, 4.69) is 6.08 Å². The van der Waals surface area contributed by atoms with Crippen LogP contribution in [0.25, 0.3) is 0 Å². The number of hydrogen-bond acceptors (Lipinski definition) is 4. The first-order valence-corrected chi connectivity index (χ1v) is 6.53. The summed E-state index contributed by atoms with van der Waals surface area (Å²) in [5, 5.41) is 9.95. The summed E-state index contributed by atoms with van der Waals surface area (Å²) in [6.07, 6.45) is 9.71. The number of hydrogen-bond donors (Lipinski definition) is 1. The Bertz CT molecular complexity index is 353. The van der Waals surface area contributed by atoms with E-state index in [0.29, 0.717) is 5.92 Å². The van der Waals surface area contributed by atoms with Crippen molar-refractivity contribution in [3.8, 4) is 0 Å².